The third kappa shape index (κ3) is 1.42. The number of hydrogen-bond acceptors (Lipinski definition) is 2. The topological polar surface area (TPSA) is 71.3 Å². The maximum Gasteiger partial charge on any atom is 0.323 e. The number of carbonyl (C=O) groups is 2. The molecule has 0 spiro atoms. The van der Waals surface area contributed by atoms with Crippen molar-refractivity contribution in [1.82, 2.24) is 9.88 Å². The van der Waals surface area contributed by atoms with E-state index in [2.05, 4.69) is 16.8 Å². The Morgan fingerprint density at radius 2 is 2.41 bits per heavy atom. The molecule has 2 aliphatic rings. The van der Waals surface area contributed by atoms with Crippen LogP contribution in [0.5, 0.6) is 0 Å². The van der Waals surface area contributed by atoms with Crippen molar-refractivity contribution in [1.29, 1.82) is 0 Å². The van der Waals surface area contributed by atoms with Gasteiger partial charge >= 0.3 is 5.97 Å². The van der Waals surface area contributed by atoms with Gasteiger partial charge in [0.25, 0.3) is 0 Å². The number of aromatic nitrogens is 1. The molecule has 1 aliphatic heterocycles. The highest BCUT2D eigenvalue weighted by molar-refractivity contribution is 5.89. The van der Waals surface area contributed by atoms with Gasteiger partial charge in [0.15, 0.2) is 0 Å². The Labute approximate surface area is 95.7 Å². The Morgan fingerprint density at radius 1 is 1.59 bits per heavy atom. The third-order valence-corrected chi connectivity index (χ3v) is 2.76. The van der Waals surface area contributed by atoms with Crippen molar-refractivity contribution in [3.63, 3.8) is 0 Å². The lowest BCUT2D eigenvalue weighted by Crippen LogP contribution is -2.42. The molecule has 17 heavy (non-hydrogen) atoms. The van der Waals surface area contributed by atoms with Gasteiger partial charge in [0, 0.05) is 17.5 Å². The average Bonchev–Trinajstić information content (AvgIpc) is 2.57. The molecule has 3 rings (SSSR count). The minimum atomic E-state index is -0.925. The Hall–Kier alpha value is -2.48. The number of carboxylic acid groups (broad SMARTS) is 1. The molecule has 1 aliphatic carbocycles. The first-order chi connectivity index (χ1) is 8.15. The fraction of sp³-hybridized carbons (Fsp3) is 0.167. The maximum atomic E-state index is 11.4. The number of carboxylic acids is 1. The molecule has 84 valence electrons. The molecule has 2 heterocycles. The first kappa shape index (κ1) is 9.73. The van der Waals surface area contributed by atoms with E-state index in [9.17, 15) is 9.59 Å². The summed E-state index contributed by atoms with van der Waals surface area (Å²) in [7, 11) is 0. The van der Waals surface area contributed by atoms with Crippen LogP contribution in [-0.2, 0) is 22.6 Å². The number of carbonyl (C=O) groups excluding carboxylic acids is 1. The fourth-order valence-electron chi connectivity index (χ4n) is 2.17. The van der Waals surface area contributed by atoms with Crippen molar-refractivity contribution in [3.05, 3.63) is 34.1 Å². The van der Waals surface area contributed by atoms with Crippen molar-refractivity contribution in [2.75, 3.05) is 0 Å². The number of amides is 1. The lowest BCUT2D eigenvalue weighted by molar-refractivity contribution is -0.137. The SMILES string of the molecule is O=C(O)Cn1cc2c3c1=C=C=CC=3NC(=O)C2. The van der Waals surface area contributed by atoms with Gasteiger partial charge in [-0.15, -0.1) is 0 Å². The molecule has 5 heteroatoms. The lowest BCUT2D eigenvalue weighted by Gasteiger charge is -2.10. The van der Waals surface area contributed by atoms with Crippen LogP contribution >= 0.6 is 0 Å². The molecule has 0 saturated carbocycles. The number of hydrogen-bond donors (Lipinski definition) is 2. The summed E-state index contributed by atoms with van der Waals surface area (Å²) in [4.78, 5) is 22.2. The van der Waals surface area contributed by atoms with E-state index < -0.39 is 5.97 Å². The van der Waals surface area contributed by atoms with Crippen LogP contribution in [0.4, 0.5) is 0 Å². The number of nitrogens with one attached hydrogen (secondary N) is 1. The van der Waals surface area contributed by atoms with Crippen LogP contribution in [0.3, 0.4) is 0 Å². The van der Waals surface area contributed by atoms with Crippen LogP contribution in [0.15, 0.2) is 18.0 Å². The van der Waals surface area contributed by atoms with Gasteiger partial charge in [-0.25, -0.2) is 0 Å². The molecule has 0 bridgehead atoms. The predicted molar refractivity (Wildman–Crippen MR) is 58.1 cm³/mol. The molecule has 0 saturated heterocycles. The number of rotatable bonds is 2. The summed E-state index contributed by atoms with van der Waals surface area (Å²) in [6.45, 7) is -0.140. The third-order valence-electron chi connectivity index (χ3n) is 2.76. The second kappa shape index (κ2) is 3.25. The van der Waals surface area contributed by atoms with Crippen molar-refractivity contribution in [2.24, 2.45) is 0 Å². The van der Waals surface area contributed by atoms with E-state index in [0.29, 0.717) is 11.0 Å². The number of aliphatic carboxylic acids is 1. The molecule has 0 radical (unpaired) electrons. The van der Waals surface area contributed by atoms with Crippen molar-refractivity contribution >= 4 is 23.3 Å². The Morgan fingerprint density at radius 3 is 3.18 bits per heavy atom. The zero-order chi connectivity index (χ0) is 12.0. The normalized spacial score (nSPS) is 15.3. The molecule has 0 aromatic carbocycles. The van der Waals surface area contributed by atoms with E-state index in [-0.39, 0.29) is 18.9 Å². The zero-order valence-electron chi connectivity index (χ0n) is 8.78. The van der Waals surface area contributed by atoms with E-state index in [1.165, 1.54) is 0 Å². The van der Waals surface area contributed by atoms with Gasteiger partial charge in [0.05, 0.1) is 12.1 Å². The molecular formula is C12H8N2O3. The summed E-state index contributed by atoms with van der Waals surface area (Å²) >= 11 is 0. The minimum absolute atomic E-state index is 0.0912. The molecule has 1 aromatic heterocycles. The van der Waals surface area contributed by atoms with E-state index in [4.69, 9.17) is 5.11 Å². The smallest absolute Gasteiger partial charge is 0.323 e. The van der Waals surface area contributed by atoms with Crippen LogP contribution in [0.25, 0.3) is 11.4 Å². The van der Waals surface area contributed by atoms with Crippen LogP contribution in [0, 0.1) is 0 Å². The second-order valence-electron chi connectivity index (χ2n) is 3.95. The molecule has 0 unspecified atom stereocenters. The zero-order valence-corrected chi connectivity index (χ0v) is 8.78. The standard InChI is InChI=1S/C12H8N2O3/c15-10-4-7-5-14(6-11(16)17)9-3-1-2-8(13-10)12(7)9/h2,5H,4,6H2,(H,13,15)(H,16,17). The van der Waals surface area contributed by atoms with E-state index in [1.54, 1.807) is 16.8 Å². The first-order valence-corrected chi connectivity index (χ1v) is 5.11. The van der Waals surface area contributed by atoms with Gasteiger partial charge in [-0.2, -0.15) is 0 Å². The molecule has 0 atom stereocenters. The van der Waals surface area contributed by atoms with Gasteiger partial charge < -0.3 is 15.0 Å². The van der Waals surface area contributed by atoms with E-state index in [1.807, 2.05) is 0 Å². The number of nitrogens with zero attached hydrogens (tertiary/aromatic N) is 1. The monoisotopic (exact) mass is 228 g/mol. The highest BCUT2D eigenvalue weighted by atomic mass is 16.4. The Kier molecular flexibility index (Phi) is 1.86. The van der Waals surface area contributed by atoms with Crippen molar-refractivity contribution < 1.29 is 14.7 Å². The summed E-state index contributed by atoms with van der Waals surface area (Å²) in [6, 6.07) is 0. The Balaban J connectivity index is 2.34. The van der Waals surface area contributed by atoms with E-state index in [0.717, 1.165) is 10.8 Å². The quantitative estimate of drug-likeness (QED) is 0.602. The average molecular weight is 228 g/mol. The van der Waals surface area contributed by atoms with Crippen LogP contribution in [0.2, 0.25) is 0 Å². The summed E-state index contributed by atoms with van der Waals surface area (Å²) in [5.41, 5.74) is 7.19. The molecular weight excluding hydrogens is 220 g/mol. The van der Waals surface area contributed by atoms with Crippen LogP contribution in [-0.4, -0.2) is 21.6 Å². The predicted octanol–water partition coefficient (Wildman–Crippen LogP) is -1.54. The molecule has 0 fully saturated rings. The van der Waals surface area contributed by atoms with Gasteiger partial charge in [0.1, 0.15) is 11.9 Å². The molecule has 1 aromatic rings. The minimum Gasteiger partial charge on any atom is -0.480 e. The summed E-state index contributed by atoms with van der Waals surface area (Å²) in [5, 5.41) is 13.1. The molecule has 5 nitrogen and oxygen atoms in total. The molecule has 2 N–H and O–H groups in total. The Bertz CT molecular complexity index is 741. The van der Waals surface area contributed by atoms with Crippen LogP contribution < -0.4 is 15.9 Å². The van der Waals surface area contributed by atoms with Crippen LogP contribution in [0.1, 0.15) is 5.56 Å². The van der Waals surface area contributed by atoms with Crippen molar-refractivity contribution in [3.8, 4) is 0 Å². The van der Waals surface area contributed by atoms with E-state index >= 15 is 0 Å². The summed E-state index contributed by atoms with van der Waals surface area (Å²) in [5.74, 6) is -1.02. The van der Waals surface area contributed by atoms with Gasteiger partial charge in [-0.1, -0.05) is 5.73 Å². The highest BCUT2D eigenvalue weighted by Crippen LogP contribution is 2.04. The molecule has 1 amide bonds. The van der Waals surface area contributed by atoms with Gasteiger partial charge in [0.2, 0.25) is 5.91 Å². The van der Waals surface area contributed by atoms with Gasteiger partial charge in [-0.3, -0.25) is 9.59 Å². The lowest BCUT2D eigenvalue weighted by atomic mass is 10.1. The van der Waals surface area contributed by atoms with Crippen molar-refractivity contribution in [2.45, 2.75) is 13.0 Å². The largest absolute Gasteiger partial charge is 0.480 e. The second-order valence-corrected chi connectivity index (χ2v) is 3.95. The fourth-order valence-corrected chi connectivity index (χ4v) is 2.17. The summed E-state index contributed by atoms with van der Waals surface area (Å²) in [6.07, 6.45) is 3.62. The summed E-state index contributed by atoms with van der Waals surface area (Å²) < 4.78 is 1.58. The maximum absolute atomic E-state index is 11.4. The highest BCUT2D eigenvalue weighted by Gasteiger charge is 2.19. The first-order valence-electron chi connectivity index (χ1n) is 5.11. The van der Waals surface area contributed by atoms with Gasteiger partial charge in [-0.05, 0) is 11.3 Å².